The van der Waals surface area contributed by atoms with E-state index in [-0.39, 0.29) is 30.4 Å². The molecule has 5 heterocycles. The maximum atomic E-state index is 13.5. The van der Waals surface area contributed by atoms with E-state index in [0.29, 0.717) is 19.6 Å². The van der Waals surface area contributed by atoms with Crippen molar-refractivity contribution in [1.29, 1.82) is 0 Å². The summed E-state index contributed by atoms with van der Waals surface area (Å²) in [6.07, 6.45) is 1.26. The number of carbonyl (C=O) groups excluding carboxylic acids is 3. The lowest BCUT2D eigenvalue weighted by atomic mass is 9.75. The molecular weight excluding hydrogens is 428 g/mol. The summed E-state index contributed by atoms with van der Waals surface area (Å²) in [6.45, 7) is 2.30. The highest BCUT2D eigenvalue weighted by molar-refractivity contribution is 7.07. The third-order valence-electron chi connectivity index (χ3n) is 7.14. The number of nitrogens with zero attached hydrogens (tertiary/aromatic N) is 4. The Bertz CT molecular complexity index is 1120. The molecule has 0 aromatic carbocycles. The van der Waals surface area contributed by atoms with E-state index in [1.165, 1.54) is 25.4 Å². The van der Waals surface area contributed by atoms with Gasteiger partial charge in [0.1, 0.15) is 5.41 Å². The summed E-state index contributed by atoms with van der Waals surface area (Å²) in [4.78, 5) is 56.1. The standard InChI is InChI=1S/C23H26N4O4S/c1-24-20(29)23(9-15-6-7-32-13-15,21(30)25(2)22(24)31)14-26-10-16-8-17(12-26)18-4-3-5-19(28)27(18)11-16/h3-7,13,16-17H,8-12,14H2,1-2H3. The van der Waals surface area contributed by atoms with Crippen LogP contribution in [-0.2, 0) is 22.6 Å². The van der Waals surface area contributed by atoms with Crippen molar-refractivity contribution in [2.45, 2.75) is 25.3 Å². The first-order valence-corrected chi connectivity index (χ1v) is 11.8. The Labute approximate surface area is 190 Å². The van der Waals surface area contributed by atoms with Crippen molar-refractivity contribution in [2.75, 3.05) is 33.7 Å². The van der Waals surface area contributed by atoms with Gasteiger partial charge < -0.3 is 9.47 Å². The molecule has 4 amide bonds. The number of urea groups is 1. The van der Waals surface area contributed by atoms with Crippen LogP contribution in [0.3, 0.4) is 0 Å². The van der Waals surface area contributed by atoms with Crippen molar-refractivity contribution in [3.8, 4) is 0 Å². The first kappa shape index (κ1) is 21.1. The molecule has 8 nitrogen and oxygen atoms in total. The van der Waals surface area contributed by atoms with Crippen molar-refractivity contribution in [3.63, 3.8) is 0 Å². The molecule has 0 N–H and O–H groups in total. The molecule has 0 saturated carbocycles. The van der Waals surface area contributed by atoms with Gasteiger partial charge in [-0.1, -0.05) is 6.07 Å². The van der Waals surface area contributed by atoms with Gasteiger partial charge in [-0.3, -0.25) is 24.2 Å². The Kier molecular flexibility index (Phi) is 5.05. The molecule has 2 aromatic rings. The zero-order chi connectivity index (χ0) is 22.6. The molecule has 32 heavy (non-hydrogen) atoms. The molecule has 0 spiro atoms. The van der Waals surface area contributed by atoms with Crippen LogP contribution in [-0.4, -0.2) is 70.8 Å². The molecule has 2 atom stereocenters. The molecule has 2 bridgehead atoms. The van der Waals surface area contributed by atoms with E-state index < -0.39 is 23.3 Å². The Balaban J connectivity index is 1.49. The van der Waals surface area contributed by atoms with Gasteiger partial charge in [-0.25, -0.2) is 4.79 Å². The second-order valence-electron chi connectivity index (χ2n) is 9.29. The van der Waals surface area contributed by atoms with Gasteiger partial charge in [0.2, 0.25) is 11.8 Å². The molecule has 168 valence electrons. The zero-order valence-electron chi connectivity index (χ0n) is 18.2. The van der Waals surface area contributed by atoms with E-state index >= 15 is 0 Å². The van der Waals surface area contributed by atoms with E-state index in [4.69, 9.17) is 0 Å². The summed E-state index contributed by atoms with van der Waals surface area (Å²) >= 11 is 1.52. The number of aromatic nitrogens is 1. The van der Waals surface area contributed by atoms with Gasteiger partial charge in [0.05, 0.1) is 0 Å². The summed E-state index contributed by atoms with van der Waals surface area (Å²) in [5, 5.41) is 3.88. The maximum absolute atomic E-state index is 13.5. The minimum Gasteiger partial charge on any atom is -0.312 e. The second kappa shape index (κ2) is 7.67. The van der Waals surface area contributed by atoms with E-state index in [2.05, 4.69) is 4.90 Å². The number of carbonyl (C=O) groups is 3. The number of piperidine rings is 1. The highest BCUT2D eigenvalue weighted by Gasteiger charge is 2.56. The average Bonchev–Trinajstić information content (AvgIpc) is 3.29. The lowest BCUT2D eigenvalue weighted by molar-refractivity contribution is -0.159. The number of hydrogen-bond acceptors (Lipinski definition) is 6. The molecule has 9 heteroatoms. The number of pyridine rings is 1. The largest absolute Gasteiger partial charge is 0.332 e. The maximum Gasteiger partial charge on any atom is 0.332 e. The molecule has 3 aliphatic rings. The second-order valence-corrected chi connectivity index (χ2v) is 10.1. The SMILES string of the molecule is CN1C(=O)N(C)C(=O)C(Cc2ccsc2)(CN2CC3CC(C2)c2cccc(=O)n2C3)C1=O. The number of thiophene rings is 1. The first-order chi connectivity index (χ1) is 15.3. The van der Waals surface area contributed by atoms with Crippen molar-refractivity contribution in [1.82, 2.24) is 19.3 Å². The Morgan fingerprint density at radius 1 is 1.00 bits per heavy atom. The Morgan fingerprint density at radius 3 is 2.44 bits per heavy atom. The normalized spacial score (nSPS) is 25.2. The van der Waals surface area contributed by atoms with Gasteiger partial charge in [-0.15, -0.1) is 0 Å². The Morgan fingerprint density at radius 2 is 1.75 bits per heavy atom. The average molecular weight is 455 g/mol. The summed E-state index contributed by atoms with van der Waals surface area (Å²) < 4.78 is 1.87. The molecular formula is C23H26N4O4S. The molecule has 5 rings (SSSR count). The van der Waals surface area contributed by atoms with Gasteiger partial charge in [0, 0.05) is 58.0 Å². The first-order valence-electron chi connectivity index (χ1n) is 10.8. The number of rotatable bonds is 4. The molecule has 3 aliphatic heterocycles. The van der Waals surface area contributed by atoms with Gasteiger partial charge in [0.25, 0.3) is 5.56 Å². The van der Waals surface area contributed by atoms with Crippen molar-refractivity contribution in [3.05, 3.63) is 56.6 Å². The topological polar surface area (TPSA) is 82.9 Å². The zero-order valence-corrected chi connectivity index (χ0v) is 19.0. The van der Waals surface area contributed by atoms with Crippen LogP contribution in [0, 0.1) is 11.3 Å². The van der Waals surface area contributed by atoms with E-state index in [9.17, 15) is 19.2 Å². The molecule has 2 saturated heterocycles. The predicted molar refractivity (Wildman–Crippen MR) is 119 cm³/mol. The van der Waals surface area contributed by atoms with Crippen molar-refractivity contribution < 1.29 is 14.4 Å². The summed E-state index contributed by atoms with van der Waals surface area (Å²) in [5.41, 5.74) is 0.623. The number of hydrogen-bond donors (Lipinski definition) is 0. The number of amides is 4. The van der Waals surface area contributed by atoms with Crippen LogP contribution in [0.25, 0.3) is 0 Å². The lowest BCUT2D eigenvalue weighted by Gasteiger charge is -2.48. The molecule has 2 unspecified atom stereocenters. The highest BCUT2D eigenvalue weighted by Crippen LogP contribution is 2.39. The van der Waals surface area contributed by atoms with E-state index in [0.717, 1.165) is 27.5 Å². The summed E-state index contributed by atoms with van der Waals surface area (Å²) in [5.74, 6) is -0.417. The fourth-order valence-electron chi connectivity index (χ4n) is 5.72. The van der Waals surface area contributed by atoms with Gasteiger partial charge in [-0.05, 0) is 47.2 Å². The number of fused-ring (bicyclic) bond motifs is 4. The van der Waals surface area contributed by atoms with Crippen LogP contribution in [0.15, 0.2) is 39.8 Å². The number of barbiturate groups is 1. The quantitative estimate of drug-likeness (QED) is 0.656. The third kappa shape index (κ3) is 3.22. The molecule has 0 aliphatic carbocycles. The summed E-state index contributed by atoms with van der Waals surface area (Å²) in [7, 11) is 2.90. The van der Waals surface area contributed by atoms with Gasteiger partial charge in [0.15, 0.2) is 0 Å². The van der Waals surface area contributed by atoms with Crippen molar-refractivity contribution in [2.24, 2.45) is 11.3 Å². The smallest absolute Gasteiger partial charge is 0.312 e. The molecule has 0 radical (unpaired) electrons. The van der Waals surface area contributed by atoms with Crippen LogP contribution in [0.1, 0.15) is 23.6 Å². The van der Waals surface area contributed by atoms with E-state index in [1.807, 2.05) is 27.5 Å². The van der Waals surface area contributed by atoms with Crippen LogP contribution >= 0.6 is 11.3 Å². The predicted octanol–water partition coefficient (Wildman–Crippen LogP) is 1.61. The minimum absolute atomic E-state index is 0.0268. The minimum atomic E-state index is -1.35. The molecule has 2 aromatic heterocycles. The van der Waals surface area contributed by atoms with Crippen LogP contribution in [0.2, 0.25) is 0 Å². The highest BCUT2D eigenvalue weighted by atomic mass is 32.1. The van der Waals surface area contributed by atoms with Crippen LogP contribution in [0.4, 0.5) is 4.79 Å². The lowest BCUT2D eigenvalue weighted by Crippen LogP contribution is -2.67. The van der Waals surface area contributed by atoms with Crippen LogP contribution in [0.5, 0.6) is 0 Å². The van der Waals surface area contributed by atoms with Crippen LogP contribution < -0.4 is 5.56 Å². The van der Waals surface area contributed by atoms with Gasteiger partial charge in [-0.2, -0.15) is 11.3 Å². The number of imide groups is 2. The monoisotopic (exact) mass is 454 g/mol. The third-order valence-corrected chi connectivity index (χ3v) is 7.87. The van der Waals surface area contributed by atoms with E-state index in [1.54, 1.807) is 12.1 Å². The fourth-order valence-corrected chi connectivity index (χ4v) is 6.39. The number of likely N-dealkylation sites (tertiary alicyclic amines) is 1. The van der Waals surface area contributed by atoms with Gasteiger partial charge >= 0.3 is 6.03 Å². The fraction of sp³-hybridized carbons (Fsp3) is 0.478. The Hall–Kier alpha value is -2.78. The summed E-state index contributed by atoms with van der Waals surface area (Å²) in [6, 6.07) is 6.74. The van der Waals surface area contributed by atoms with Crippen molar-refractivity contribution >= 4 is 29.2 Å². The molecule has 2 fully saturated rings.